The van der Waals surface area contributed by atoms with E-state index in [-0.39, 0.29) is 17.7 Å². The summed E-state index contributed by atoms with van der Waals surface area (Å²) in [6.07, 6.45) is 1.36. The van der Waals surface area contributed by atoms with Gasteiger partial charge in [0.05, 0.1) is 12.0 Å². The number of fused-ring (bicyclic) bond motifs is 1. The first-order chi connectivity index (χ1) is 12.4. The van der Waals surface area contributed by atoms with Crippen molar-refractivity contribution in [2.24, 2.45) is 19.2 Å². The van der Waals surface area contributed by atoms with Gasteiger partial charge in [0.25, 0.3) is 11.5 Å². The number of benzene rings is 1. The van der Waals surface area contributed by atoms with E-state index in [0.717, 1.165) is 10.1 Å². The molecule has 0 unspecified atom stereocenters. The lowest BCUT2D eigenvalue weighted by Crippen LogP contribution is -2.38. The average molecular weight is 354 g/mol. The number of rotatable bonds is 4. The van der Waals surface area contributed by atoms with Crippen LogP contribution in [0.3, 0.4) is 0 Å². The largest absolute Gasteiger partial charge is 0.332 e. The molecule has 1 aromatic carbocycles. The van der Waals surface area contributed by atoms with Gasteiger partial charge in [-0.3, -0.25) is 18.7 Å². The summed E-state index contributed by atoms with van der Waals surface area (Å²) >= 11 is 0. The van der Waals surface area contributed by atoms with Gasteiger partial charge in [-0.1, -0.05) is 30.3 Å². The van der Waals surface area contributed by atoms with Crippen LogP contribution in [-0.2, 0) is 25.4 Å². The summed E-state index contributed by atoms with van der Waals surface area (Å²) in [6, 6.07) is 9.44. The molecule has 0 fully saturated rings. The molecule has 3 rings (SSSR count). The molecule has 1 N–H and O–H groups in total. The Morgan fingerprint density at radius 3 is 2.54 bits per heavy atom. The minimum absolute atomic E-state index is 0.143. The van der Waals surface area contributed by atoms with Crippen LogP contribution in [0.2, 0.25) is 0 Å². The third kappa shape index (κ3) is 3.06. The van der Waals surface area contributed by atoms with Crippen molar-refractivity contribution in [2.45, 2.75) is 13.5 Å². The molecule has 0 atom stereocenters. The quantitative estimate of drug-likeness (QED) is 0.525. The summed E-state index contributed by atoms with van der Waals surface area (Å²) in [4.78, 5) is 40.5. The number of amides is 1. The minimum atomic E-state index is -0.502. The van der Waals surface area contributed by atoms with Crippen LogP contribution >= 0.6 is 0 Å². The maximum absolute atomic E-state index is 12.3. The van der Waals surface area contributed by atoms with Crippen LogP contribution in [0.4, 0.5) is 0 Å². The van der Waals surface area contributed by atoms with E-state index in [9.17, 15) is 14.4 Å². The second kappa shape index (κ2) is 6.79. The lowest BCUT2D eigenvalue weighted by molar-refractivity contribution is -0.121. The smallest absolute Gasteiger partial charge is 0.315 e. The zero-order valence-corrected chi connectivity index (χ0v) is 14.6. The lowest BCUT2D eigenvalue weighted by atomic mass is 10.1. The first-order valence-electron chi connectivity index (χ1n) is 7.89. The second-order valence-corrected chi connectivity index (χ2v) is 5.85. The number of carbonyl (C=O) groups excluding carboxylic acids is 1. The van der Waals surface area contributed by atoms with Gasteiger partial charge in [0, 0.05) is 14.1 Å². The van der Waals surface area contributed by atoms with E-state index in [0.29, 0.717) is 5.71 Å². The Labute approximate surface area is 148 Å². The Balaban J connectivity index is 1.85. The van der Waals surface area contributed by atoms with Crippen LogP contribution in [0.25, 0.3) is 11.2 Å². The average Bonchev–Trinajstić information content (AvgIpc) is 3.07. The third-order valence-electron chi connectivity index (χ3n) is 4.07. The number of imidazole rings is 1. The Kier molecular flexibility index (Phi) is 4.53. The van der Waals surface area contributed by atoms with Gasteiger partial charge < -0.3 is 4.57 Å². The van der Waals surface area contributed by atoms with Gasteiger partial charge in [-0.15, -0.1) is 0 Å². The van der Waals surface area contributed by atoms with Crippen molar-refractivity contribution in [2.75, 3.05) is 0 Å². The molecule has 9 nitrogen and oxygen atoms in total. The molecule has 2 heterocycles. The maximum atomic E-state index is 12.3. The van der Waals surface area contributed by atoms with Gasteiger partial charge in [-0.2, -0.15) is 5.10 Å². The van der Waals surface area contributed by atoms with E-state index in [1.54, 1.807) is 6.92 Å². The fourth-order valence-corrected chi connectivity index (χ4v) is 2.60. The van der Waals surface area contributed by atoms with Crippen molar-refractivity contribution in [1.29, 1.82) is 0 Å². The lowest BCUT2D eigenvalue weighted by Gasteiger charge is -2.06. The van der Waals surface area contributed by atoms with Crippen LogP contribution in [0, 0.1) is 0 Å². The van der Waals surface area contributed by atoms with E-state index in [1.165, 1.54) is 29.6 Å². The molecule has 0 saturated heterocycles. The fourth-order valence-electron chi connectivity index (χ4n) is 2.60. The number of aryl methyl sites for hydroxylation is 1. The number of hydrogen-bond donors (Lipinski definition) is 1. The van der Waals surface area contributed by atoms with E-state index >= 15 is 0 Å². The molecule has 0 saturated carbocycles. The van der Waals surface area contributed by atoms with E-state index in [2.05, 4.69) is 15.5 Å². The van der Waals surface area contributed by atoms with Crippen molar-refractivity contribution in [3.63, 3.8) is 0 Å². The Bertz CT molecular complexity index is 1120. The van der Waals surface area contributed by atoms with Gasteiger partial charge in [-0.05, 0) is 12.5 Å². The van der Waals surface area contributed by atoms with Crippen molar-refractivity contribution in [1.82, 2.24) is 24.1 Å². The summed E-state index contributed by atoms with van der Waals surface area (Å²) in [5.74, 6) is -0.407. The molecule has 1 amide bonds. The van der Waals surface area contributed by atoms with Crippen LogP contribution < -0.4 is 16.7 Å². The molecule has 0 aliphatic heterocycles. The fraction of sp³-hybridized carbons (Fsp3) is 0.235. The van der Waals surface area contributed by atoms with E-state index in [1.807, 2.05) is 30.3 Å². The first-order valence-corrected chi connectivity index (χ1v) is 7.89. The second-order valence-electron chi connectivity index (χ2n) is 5.85. The van der Waals surface area contributed by atoms with E-state index < -0.39 is 17.2 Å². The summed E-state index contributed by atoms with van der Waals surface area (Å²) < 4.78 is 3.65. The molecule has 0 aliphatic rings. The SMILES string of the molecule is C/C(=N\NC(=O)Cn1cnc2c1c(=O)n(C)c(=O)n2C)c1ccccc1. The van der Waals surface area contributed by atoms with Gasteiger partial charge in [0.15, 0.2) is 11.2 Å². The monoisotopic (exact) mass is 354 g/mol. The molecule has 134 valence electrons. The normalized spacial score (nSPS) is 11.7. The van der Waals surface area contributed by atoms with Gasteiger partial charge in [-0.25, -0.2) is 15.2 Å². The van der Waals surface area contributed by atoms with Crippen molar-refractivity contribution in [3.8, 4) is 0 Å². The minimum Gasteiger partial charge on any atom is -0.315 e. The van der Waals surface area contributed by atoms with E-state index in [4.69, 9.17) is 0 Å². The standard InChI is InChI=1S/C17H18N6O3/c1-11(12-7-5-4-6-8-12)19-20-13(24)9-23-10-18-15-14(23)16(25)22(3)17(26)21(15)2/h4-8,10H,9H2,1-3H3,(H,20,24)/b19-11+. The summed E-state index contributed by atoms with van der Waals surface area (Å²) in [5, 5.41) is 4.07. The maximum Gasteiger partial charge on any atom is 0.332 e. The number of nitrogens with zero attached hydrogens (tertiary/aromatic N) is 5. The zero-order chi connectivity index (χ0) is 18.8. The molecule has 0 aliphatic carbocycles. The van der Waals surface area contributed by atoms with Gasteiger partial charge in [0.2, 0.25) is 0 Å². The topological polar surface area (TPSA) is 103 Å². The number of carbonyl (C=O) groups is 1. The predicted octanol–water partition coefficient (Wildman–Crippen LogP) is -0.0259. The molecule has 26 heavy (non-hydrogen) atoms. The highest BCUT2D eigenvalue weighted by molar-refractivity contribution is 5.99. The zero-order valence-electron chi connectivity index (χ0n) is 14.6. The summed E-state index contributed by atoms with van der Waals surface area (Å²) in [7, 11) is 2.91. The number of aromatic nitrogens is 4. The molecule has 0 spiro atoms. The third-order valence-corrected chi connectivity index (χ3v) is 4.07. The molecule has 0 radical (unpaired) electrons. The number of hydrogen-bond acceptors (Lipinski definition) is 5. The van der Waals surface area contributed by atoms with Crippen molar-refractivity contribution in [3.05, 3.63) is 63.1 Å². The highest BCUT2D eigenvalue weighted by atomic mass is 16.2. The summed E-state index contributed by atoms with van der Waals surface area (Å²) in [5.41, 5.74) is 3.47. The molecule has 2 aromatic heterocycles. The Morgan fingerprint density at radius 1 is 1.15 bits per heavy atom. The molecular weight excluding hydrogens is 336 g/mol. The van der Waals surface area contributed by atoms with Gasteiger partial charge in [0.1, 0.15) is 6.54 Å². The van der Waals surface area contributed by atoms with Crippen molar-refractivity contribution < 1.29 is 4.79 Å². The van der Waals surface area contributed by atoms with Gasteiger partial charge >= 0.3 is 5.69 Å². The number of nitrogens with one attached hydrogen (secondary N) is 1. The highest BCUT2D eigenvalue weighted by Gasteiger charge is 2.15. The summed E-state index contributed by atoms with van der Waals surface area (Å²) in [6.45, 7) is 1.64. The number of hydrazone groups is 1. The molecule has 0 bridgehead atoms. The van der Waals surface area contributed by atoms with Crippen LogP contribution in [0.1, 0.15) is 12.5 Å². The Hall–Kier alpha value is -3.49. The Morgan fingerprint density at radius 2 is 1.85 bits per heavy atom. The van der Waals surface area contributed by atoms with Crippen LogP contribution in [0.5, 0.6) is 0 Å². The molecule has 9 heteroatoms. The molecule has 3 aromatic rings. The van der Waals surface area contributed by atoms with Crippen molar-refractivity contribution >= 4 is 22.8 Å². The first kappa shape index (κ1) is 17.3. The molecular formula is C17H18N6O3. The van der Waals surface area contributed by atoms with Crippen LogP contribution in [-0.4, -0.2) is 30.3 Å². The highest BCUT2D eigenvalue weighted by Crippen LogP contribution is 2.05. The predicted molar refractivity (Wildman–Crippen MR) is 97.0 cm³/mol. The van der Waals surface area contributed by atoms with Crippen LogP contribution in [0.15, 0.2) is 51.3 Å².